The average molecular weight is 439 g/mol. The Labute approximate surface area is 161 Å². The number of guanidine groups is 1. The number of hydrogen-bond donors (Lipinski definition) is 2. The van der Waals surface area contributed by atoms with Crippen molar-refractivity contribution in [2.45, 2.75) is 32.9 Å². The topological polar surface area (TPSA) is 59.6 Å². The van der Waals surface area contributed by atoms with Crippen LogP contribution in [0.2, 0.25) is 0 Å². The van der Waals surface area contributed by atoms with Crippen LogP contribution in [0.5, 0.6) is 0 Å². The smallest absolute Gasteiger partial charge is 0.193 e. The molecule has 0 aliphatic heterocycles. The van der Waals surface area contributed by atoms with Gasteiger partial charge in [0.1, 0.15) is 0 Å². The van der Waals surface area contributed by atoms with Crippen molar-refractivity contribution in [1.82, 2.24) is 0 Å². The van der Waals surface area contributed by atoms with E-state index in [1.54, 1.807) is 7.11 Å². The molecule has 0 aliphatic rings. The van der Waals surface area contributed by atoms with Crippen molar-refractivity contribution in [1.29, 1.82) is 0 Å². The van der Waals surface area contributed by atoms with E-state index in [1.165, 1.54) is 5.56 Å². The molecule has 0 amide bonds. The normalized spacial score (nSPS) is 11.2. The van der Waals surface area contributed by atoms with E-state index < -0.39 is 0 Å². The average Bonchev–Trinajstić information content (AvgIpc) is 2.54. The van der Waals surface area contributed by atoms with E-state index in [4.69, 9.17) is 10.5 Å². The molecule has 0 unspecified atom stereocenters. The summed E-state index contributed by atoms with van der Waals surface area (Å²) < 4.78 is 5.21. The van der Waals surface area contributed by atoms with Gasteiger partial charge in [-0.15, -0.1) is 24.0 Å². The van der Waals surface area contributed by atoms with Gasteiger partial charge in [0.25, 0.3) is 0 Å². The maximum Gasteiger partial charge on any atom is 0.193 e. The number of nitrogens with zero attached hydrogens (tertiary/aromatic N) is 1. The van der Waals surface area contributed by atoms with Gasteiger partial charge in [0, 0.05) is 12.8 Å². The van der Waals surface area contributed by atoms with E-state index >= 15 is 0 Å². The van der Waals surface area contributed by atoms with Crippen LogP contribution in [0.4, 0.5) is 5.69 Å². The minimum absolute atomic E-state index is 0. The van der Waals surface area contributed by atoms with E-state index in [0.717, 1.165) is 16.8 Å². The highest BCUT2D eigenvalue weighted by molar-refractivity contribution is 14.0. The van der Waals surface area contributed by atoms with Crippen LogP contribution in [0.15, 0.2) is 53.5 Å². The molecule has 2 aromatic carbocycles. The first kappa shape index (κ1) is 20.4. The van der Waals surface area contributed by atoms with Crippen LogP contribution in [0.3, 0.4) is 0 Å². The van der Waals surface area contributed by atoms with Crippen LogP contribution >= 0.6 is 24.0 Å². The molecule has 0 aromatic heterocycles. The van der Waals surface area contributed by atoms with Crippen LogP contribution in [0.1, 0.15) is 36.5 Å². The largest absolute Gasteiger partial charge is 0.380 e. The van der Waals surface area contributed by atoms with Gasteiger partial charge in [0.15, 0.2) is 5.96 Å². The van der Waals surface area contributed by atoms with Crippen LogP contribution in [-0.4, -0.2) is 13.1 Å². The summed E-state index contributed by atoms with van der Waals surface area (Å²) in [6.07, 6.45) is 0. The number of nitrogens with two attached hydrogens (primary N) is 1. The van der Waals surface area contributed by atoms with Gasteiger partial charge in [0.2, 0.25) is 0 Å². The molecule has 0 saturated carbocycles. The third kappa shape index (κ3) is 6.13. The summed E-state index contributed by atoms with van der Waals surface area (Å²) in [5.41, 5.74) is 10.5. The van der Waals surface area contributed by atoms with Crippen molar-refractivity contribution >= 4 is 35.6 Å². The highest BCUT2D eigenvalue weighted by atomic mass is 127. The molecule has 5 heteroatoms. The Morgan fingerprint density at radius 1 is 1.12 bits per heavy atom. The lowest BCUT2D eigenvalue weighted by Gasteiger charge is -2.10. The molecule has 0 spiro atoms. The number of hydrogen-bond acceptors (Lipinski definition) is 2. The quantitative estimate of drug-likeness (QED) is 0.396. The van der Waals surface area contributed by atoms with Gasteiger partial charge in [-0.05, 0) is 34.7 Å². The Hall–Kier alpha value is -1.60. The number of ether oxygens (including phenoxy) is 1. The zero-order chi connectivity index (χ0) is 16.7. The molecular formula is C19H26IN3O. The molecule has 0 bridgehead atoms. The lowest BCUT2D eigenvalue weighted by molar-refractivity contribution is 0.184. The van der Waals surface area contributed by atoms with Crippen molar-refractivity contribution in [3.63, 3.8) is 0 Å². The monoisotopic (exact) mass is 439 g/mol. The lowest BCUT2D eigenvalue weighted by atomic mass is 10.0. The Balaban J connectivity index is 0.00000288. The summed E-state index contributed by atoms with van der Waals surface area (Å²) in [7, 11) is 1.69. The lowest BCUT2D eigenvalue weighted by Crippen LogP contribution is -2.22. The maximum absolute atomic E-state index is 6.01. The van der Waals surface area contributed by atoms with Gasteiger partial charge < -0.3 is 15.8 Å². The number of rotatable bonds is 6. The molecule has 0 fully saturated rings. The van der Waals surface area contributed by atoms with Gasteiger partial charge in [-0.3, -0.25) is 0 Å². The molecule has 0 heterocycles. The van der Waals surface area contributed by atoms with E-state index in [0.29, 0.717) is 25.0 Å². The van der Waals surface area contributed by atoms with E-state index in [9.17, 15) is 0 Å². The third-order valence-corrected chi connectivity index (χ3v) is 3.66. The summed E-state index contributed by atoms with van der Waals surface area (Å²) >= 11 is 0. The standard InChI is InChI=1S/C19H25N3O.HI/c1-14(2)15-9-6-10-18(11-15)22-19(20)21-12-16-7-4-5-8-17(16)13-23-3;/h4-11,14H,12-13H2,1-3H3,(H3,20,21,22);1H. The summed E-state index contributed by atoms with van der Waals surface area (Å²) in [6, 6.07) is 16.3. The second-order valence-electron chi connectivity index (χ2n) is 5.81. The highest BCUT2D eigenvalue weighted by Crippen LogP contribution is 2.18. The fraction of sp³-hybridized carbons (Fsp3) is 0.316. The maximum atomic E-state index is 6.01. The van der Waals surface area contributed by atoms with Gasteiger partial charge in [0.05, 0.1) is 13.2 Å². The molecule has 3 N–H and O–H groups in total. The van der Waals surface area contributed by atoms with Gasteiger partial charge in [-0.2, -0.15) is 0 Å². The summed E-state index contributed by atoms with van der Waals surface area (Å²) in [4.78, 5) is 4.43. The number of aliphatic imine (C=N–C) groups is 1. The Morgan fingerprint density at radius 3 is 2.50 bits per heavy atom. The van der Waals surface area contributed by atoms with Crippen molar-refractivity contribution in [3.8, 4) is 0 Å². The predicted molar refractivity (Wildman–Crippen MR) is 112 cm³/mol. The second kappa shape index (κ2) is 10.3. The van der Waals surface area contributed by atoms with Crippen molar-refractivity contribution in [2.24, 2.45) is 10.7 Å². The first-order valence-corrected chi connectivity index (χ1v) is 7.82. The number of nitrogens with one attached hydrogen (secondary N) is 1. The molecule has 0 aliphatic carbocycles. The number of methoxy groups -OCH3 is 1. The molecule has 130 valence electrons. The van der Waals surface area contributed by atoms with Crippen molar-refractivity contribution in [3.05, 3.63) is 65.2 Å². The number of halogens is 1. The Kier molecular flexibility index (Phi) is 8.78. The van der Waals surface area contributed by atoms with E-state index in [-0.39, 0.29) is 24.0 Å². The molecule has 4 nitrogen and oxygen atoms in total. The molecule has 0 saturated heterocycles. The number of benzene rings is 2. The number of anilines is 1. The molecule has 24 heavy (non-hydrogen) atoms. The Bertz CT molecular complexity index is 671. The van der Waals surface area contributed by atoms with Crippen LogP contribution in [0, 0.1) is 0 Å². The zero-order valence-corrected chi connectivity index (χ0v) is 16.8. The summed E-state index contributed by atoms with van der Waals surface area (Å²) in [5, 5.41) is 3.16. The second-order valence-corrected chi connectivity index (χ2v) is 5.81. The predicted octanol–water partition coefficient (Wildman–Crippen LogP) is 4.50. The van der Waals surface area contributed by atoms with Crippen LogP contribution < -0.4 is 11.1 Å². The Morgan fingerprint density at radius 2 is 1.83 bits per heavy atom. The van der Waals surface area contributed by atoms with Crippen molar-refractivity contribution in [2.75, 3.05) is 12.4 Å². The third-order valence-electron chi connectivity index (χ3n) is 3.66. The molecule has 2 rings (SSSR count). The van der Waals surface area contributed by atoms with Gasteiger partial charge in [-0.1, -0.05) is 50.2 Å². The summed E-state index contributed by atoms with van der Waals surface area (Å²) in [5.74, 6) is 0.897. The molecule has 0 atom stereocenters. The minimum atomic E-state index is 0. The molecular weight excluding hydrogens is 413 g/mol. The van der Waals surface area contributed by atoms with Crippen LogP contribution in [0.25, 0.3) is 0 Å². The summed E-state index contributed by atoms with van der Waals surface area (Å²) in [6.45, 7) is 5.45. The van der Waals surface area contributed by atoms with Gasteiger partial charge >= 0.3 is 0 Å². The zero-order valence-electron chi connectivity index (χ0n) is 14.5. The SMILES string of the molecule is COCc1ccccc1CN=C(N)Nc1cccc(C(C)C)c1.I. The van der Waals surface area contributed by atoms with Crippen molar-refractivity contribution < 1.29 is 4.74 Å². The van der Waals surface area contributed by atoms with E-state index in [1.807, 2.05) is 36.4 Å². The van der Waals surface area contributed by atoms with Crippen LogP contribution in [-0.2, 0) is 17.9 Å². The minimum Gasteiger partial charge on any atom is -0.380 e. The fourth-order valence-corrected chi connectivity index (χ4v) is 2.34. The molecule has 2 aromatic rings. The first-order chi connectivity index (χ1) is 11.1. The van der Waals surface area contributed by atoms with E-state index in [2.05, 4.69) is 36.3 Å². The fourth-order valence-electron chi connectivity index (χ4n) is 2.34. The van der Waals surface area contributed by atoms with Gasteiger partial charge in [-0.25, -0.2) is 4.99 Å². The molecule has 0 radical (unpaired) electrons. The first-order valence-electron chi connectivity index (χ1n) is 7.82. The highest BCUT2D eigenvalue weighted by Gasteiger charge is 2.03.